The summed E-state index contributed by atoms with van der Waals surface area (Å²) in [5, 5.41) is 11.3. The minimum atomic E-state index is -5.02. The number of benzene rings is 1. The maximum atomic E-state index is 12.7. The lowest BCUT2D eigenvalue weighted by molar-refractivity contribution is -0.143. The Morgan fingerprint density at radius 1 is 1.04 bits per heavy atom. The summed E-state index contributed by atoms with van der Waals surface area (Å²) in [7, 11) is 0. The average Bonchev–Trinajstić information content (AvgIpc) is 2.41. The standard InChI is InChI=1S/C14H15F6NO2/c1-7(2)11(6-22)21-12(23)8-3-9(13(15,16)17)5-10(4-8)14(18,19)20/h3-5,7,11,22H,6H2,1-2H3,(H,21,23)/t11-/m1/s1. The Bertz CT molecular complexity index is 533. The van der Waals surface area contributed by atoms with Crippen LogP contribution in [0.1, 0.15) is 35.3 Å². The van der Waals surface area contributed by atoms with Crippen LogP contribution in [0.2, 0.25) is 0 Å². The number of hydrogen-bond donors (Lipinski definition) is 2. The van der Waals surface area contributed by atoms with Gasteiger partial charge in [0.05, 0.1) is 23.8 Å². The number of carbonyl (C=O) groups is 1. The Labute approximate surface area is 128 Å². The molecule has 0 saturated heterocycles. The average molecular weight is 343 g/mol. The molecule has 0 aliphatic rings. The number of alkyl halides is 6. The molecule has 0 unspecified atom stereocenters. The zero-order valence-electron chi connectivity index (χ0n) is 12.2. The number of hydrogen-bond acceptors (Lipinski definition) is 2. The highest BCUT2D eigenvalue weighted by molar-refractivity contribution is 5.94. The summed E-state index contributed by atoms with van der Waals surface area (Å²) in [4.78, 5) is 11.9. The minimum absolute atomic E-state index is 0.0528. The van der Waals surface area contributed by atoms with Gasteiger partial charge in [-0.1, -0.05) is 13.8 Å². The van der Waals surface area contributed by atoms with Crippen LogP contribution in [0.4, 0.5) is 26.3 Å². The molecule has 2 N–H and O–H groups in total. The van der Waals surface area contributed by atoms with Gasteiger partial charge < -0.3 is 10.4 Å². The van der Waals surface area contributed by atoms with Gasteiger partial charge in [0.25, 0.3) is 5.91 Å². The Morgan fingerprint density at radius 2 is 1.48 bits per heavy atom. The summed E-state index contributed by atoms with van der Waals surface area (Å²) in [5.74, 6) is -1.37. The van der Waals surface area contributed by atoms with Gasteiger partial charge in [0, 0.05) is 5.56 Å². The minimum Gasteiger partial charge on any atom is -0.394 e. The first-order valence-corrected chi connectivity index (χ1v) is 6.57. The van der Waals surface area contributed by atoms with Crippen molar-refractivity contribution < 1.29 is 36.2 Å². The fourth-order valence-corrected chi connectivity index (χ4v) is 1.76. The van der Waals surface area contributed by atoms with Gasteiger partial charge in [0.2, 0.25) is 0 Å². The van der Waals surface area contributed by atoms with Crippen molar-refractivity contribution in [2.45, 2.75) is 32.2 Å². The molecule has 0 saturated carbocycles. The second kappa shape index (κ2) is 6.77. The molecule has 0 aromatic heterocycles. The smallest absolute Gasteiger partial charge is 0.394 e. The second-order valence-electron chi connectivity index (χ2n) is 5.30. The molecule has 0 aliphatic heterocycles. The number of aliphatic hydroxyl groups excluding tert-OH is 1. The molecule has 0 bridgehead atoms. The van der Waals surface area contributed by atoms with Crippen LogP contribution in [0.3, 0.4) is 0 Å². The molecule has 9 heteroatoms. The monoisotopic (exact) mass is 343 g/mol. The Kier molecular flexibility index (Phi) is 5.68. The molecule has 3 nitrogen and oxygen atoms in total. The first-order chi connectivity index (χ1) is 10.4. The van der Waals surface area contributed by atoms with E-state index in [1.807, 2.05) is 0 Å². The van der Waals surface area contributed by atoms with Crippen molar-refractivity contribution in [3.8, 4) is 0 Å². The predicted octanol–water partition coefficient (Wildman–Crippen LogP) is 3.47. The number of aliphatic hydroxyl groups is 1. The van der Waals surface area contributed by atoms with Gasteiger partial charge in [0.15, 0.2) is 0 Å². The number of rotatable bonds is 4. The van der Waals surface area contributed by atoms with Crippen molar-refractivity contribution in [2.24, 2.45) is 5.92 Å². The summed E-state index contributed by atoms with van der Waals surface area (Å²) < 4.78 is 76.3. The van der Waals surface area contributed by atoms with Crippen LogP contribution in [0.5, 0.6) is 0 Å². The largest absolute Gasteiger partial charge is 0.416 e. The van der Waals surface area contributed by atoms with Crippen molar-refractivity contribution in [3.63, 3.8) is 0 Å². The molecule has 23 heavy (non-hydrogen) atoms. The SMILES string of the molecule is CC(C)[C@@H](CO)NC(=O)c1cc(C(F)(F)F)cc(C(F)(F)F)c1. The normalized spacial score (nSPS) is 14.0. The molecule has 1 rings (SSSR count). The molecule has 1 atom stereocenters. The first-order valence-electron chi connectivity index (χ1n) is 6.57. The van der Waals surface area contributed by atoms with Gasteiger partial charge in [-0.25, -0.2) is 0 Å². The highest BCUT2D eigenvalue weighted by atomic mass is 19.4. The van der Waals surface area contributed by atoms with Crippen LogP contribution in [0.25, 0.3) is 0 Å². The Morgan fingerprint density at radius 3 is 1.78 bits per heavy atom. The summed E-state index contributed by atoms with van der Waals surface area (Å²) in [5.41, 5.74) is -3.91. The predicted molar refractivity (Wildman–Crippen MR) is 69.6 cm³/mol. The third-order valence-corrected chi connectivity index (χ3v) is 3.17. The van der Waals surface area contributed by atoms with E-state index >= 15 is 0 Å². The molecule has 1 aromatic rings. The number of halogens is 6. The fourth-order valence-electron chi connectivity index (χ4n) is 1.76. The van der Waals surface area contributed by atoms with E-state index in [0.29, 0.717) is 12.1 Å². The lowest BCUT2D eigenvalue weighted by Gasteiger charge is -2.20. The second-order valence-corrected chi connectivity index (χ2v) is 5.30. The lowest BCUT2D eigenvalue weighted by Crippen LogP contribution is -2.41. The van der Waals surface area contributed by atoms with Crippen molar-refractivity contribution in [3.05, 3.63) is 34.9 Å². The van der Waals surface area contributed by atoms with Crippen molar-refractivity contribution >= 4 is 5.91 Å². The van der Waals surface area contributed by atoms with Gasteiger partial charge in [-0.05, 0) is 24.1 Å². The van der Waals surface area contributed by atoms with E-state index in [4.69, 9.17) is 5.11 Å². The molecule has 0 radical (unpaired) electrons. The highest BCUT2D eigenvalue weighted by Crippen LogP contribution is 2.36. The van der Waals surface area contributed by atoms with Gasteiger partial charge in [-0.15, -0.1) is 0 Å². The van der Waals surface area contributed by atoms with Crippen LogP contribution in [0.15, 0.2) is 18.2 Å². The van der Waals surface area contributed by atoms with E-state index in [-0.39, 0.29) is 12.0 Å². The number of nitrogens with one attached hydrogen (secondary N) is 1. The zero-order valence-corrected chi connectivity index (χ0v) is 12.2. The summed E-state index contributed by atoms with van der Waals surface area (Å²) >= 11 is 0. The van der Waals surface area contributed by atoms with E-state index in [9.17, 15) is 31.1 Å². The molecule has 0 aliphatic carbocycles. The fraction of sp³-hybridized carbons (Fsp3) is 0.500. The third-order valence-electron chi connectivity index (χ3n) is 3.17. The maximum absolute atomic E-state index is 12.7. The van der Waals surface area contributed by atoms with Gasteiger partial charge in [0.1, 0.15) is 0 Å². The molecule has 0 fully saturated rings. The van der Waals surface area contributed by atoms with E-state index in [1.54, 1.807) is 13.8 Å². The molecule has 130 valence electrons. The van der Waals surface area contributed by atoms with Crippen molar-refractivity contribution in [2.75, 3.05) is 6.61 Å². The summed E-state index contributed by atoms with van der Waals surface area (Å²) in [6.07, 6.45) is -10.0. The van der Waals surface area contributed by atoms with E-state index in [0.717, 1.165) is 0 Å². The highest BCUT2D eigenvalue weighted by Gasteiger charge is 2.37. The van der Waals surface area contributed by atoms with Crippen LogP contribution >= 0.6 is 0 Å². The maximum Gasteiger partial charge on any atom is 0.416 e. The molecule has 0 spiro atoms. The first kappa shape index (κ1) is 19.3. The number of carbonyl (C=O) groups excluding carboxylic acids is 1. The topological polar surface area (TPSA) is 49.3 Å². The molecular weight excluding hydrogens is 328 g/mol. The Balaban J connectivity index is 3.27. The summed E-state index contributed by atoms with van der Waals surface area (Å²) in [6, 6.07) is -0.145. The van der Waals surface area contributed by atoms with Crippen LogP contribution < -0.4 is 5.32 Å². The van der Waals surface area contributed by atoms with Crippen LogP contribution in [-0.2, 0) is 12.4 Å². The third kappa shape index (κ3) is 5.12. The van der Waals surface area contributed by atoms with E-state index in [1.165, 1.54) is 0 Å². The molecular formula is C14H15F6NO2. The van der Waals surface area contributed by atoms with Crippen molar-refractivity contribution in [1.82, 2.24) is 5.32 Å². The van der Waals surface area contributed by atoms with Crippen LogP contribution in [-0.4, -0.2) is 23.7 Å². The molecule has 1 aromatic carbocycles. The quantitative estimate of drug-likeness (QED) is 0.823. The van der Waals surface area contributed by atoms with Gasteiger partial charge in [-0.3, -0.25) is 4.79 Å². The Hall–Kier alpha value is -1.77. The molecule has 0 heterocycles. The van der Waals surface area contributed by atoms with E-state index < -0.39 is 47.6 Å². The number of amides is 1. The van der Waals surface area contributed by atoms with Crippen LogP contribution in [0, 0.1) is 5.92 Å². The van der Waals surface area contributed by atoms with Gasteiger partial charge >= 0.3 is 12.4 Å². The lowest BCUT2D eigenvalue weighted by atomic mass is 10.0. The zero-order chi connectivity index (χ0) is 18.0. The van der Waals surface area contributed by atoms with Crippen molar-refractivity contribution in [1.29, 1.82) is 0 Å². The van der Waals surface area contributed by atoms with E-state index in [2.05, 4.69) is 5.32 Å². The molecule has 1 amide bonds. The van der Waals surface area contributed by atoms with Gasteiger partial charge in [-0.2, -0.15) is 26.3 Å². The summed E-state index contributed by atoms with van der Waals surface area (Å²) in [6.45, 7) is 2.78.